The van der Waals surface area contributed by atoms with Crippen molar-refractivity contribution in [2.24, 2.45) is 5.92 Å². The number of nitrogens with one attached hydrogen (secondary N) is 1. The number of fused-ring (bicyclic) bond motifs is 1. The van der Waals surface area contributed by atoms with Gasteiger partial charge in [0.15, 0.2) is 17.0 Å². The lowest BCUT2D eigenvalue weighted by atomic mass is 10.0. The molecule has 8 nitrogen and oxygen atoms in total. The van der Waals surface area contributed by atoms with E-state index in [0.717, 1.165) is 5.57 Å². The molecule has 1 aliphatic rings. The number of carbonyl (C=O) groups is 1. The summed E-state index contributed by atoms with van der Waals surface area (Å²) < 4.78 is 1.80. The molecule has 0 saturated heterocycles. The minimum absolute atomic E-state index is 0.156. The molecule has 1 amide bonds. The molecule has 138 valence electrons. The fourth-order valence-electron chi connectivity index (χ4n) is 3.51. The van der Waals surface area contributed by atoms with Crippen molar-refractivity contribution in [2.45, 2.75) is 18.6 Å². The van der Waals surface area contributed by atoms with Gasteiger partial charge in [-0.1, -0.05) is 24.8 Å². The molecule has 27 heavy (non-hydrogen) atoms. The molecular formula is C19H19N5O3. The van der Waals surface area contributed by atoms with Crippen molar-refractivity contribution in [3.8, 4) is 0 Å². The van der Waals surface area contributed by atoms with Crippen LogP contribution in [-0.4, -0.2) is 48.4 Å². The largest absolute Gasteiger partial charge is 0.396 e. The van der Waals surface area contributed by atoms with E-state index in [1.54, 1.807) is 35.2 Å². The third kappa shape index (κ3) is 2.98. The predicted octanol–water partition coefficient (Wildman–Crippen LogP) is 1.55. The molecule has 4 rings (SSSR count). The highest BCUT2D eigenvalue weighted by atomic mass is 16.3. The number of aromatic nitrogens is 4. The molecule has 1 saturated carbocycles. The fourth-order valence-corrected chi connectivity index (χ4v) is 3.51. The van der Waals surface area contributed by atoms with Gasteiger partial charge in [-0.15, -0.1) is 0 Å². The van der Waals surface area contributed by atoms with E-state index >= 15 is 0 Å². The van der Waals surface area contributed by atoms with Crippen LogP contribution in [0.3, 0.4) is 0 Å². The first-order valence-electron chi connectivity index (χ1n) is 8.61. The minimum atomic E-state index is -0.663. The number of anilines is 1. The molecule has 3 aromatic rings. The maximum atomic E-state index is 12.4. The Balaban J connectivity index is 1.67. The molecule has 2 heterocycles. The van der Waals surface area contributed by atoms with Crippen LogP contribution in [0.1, 0.15) is 22.8 Å². The second-order valence-electron chi connectivity index (χ2n) is 6.55. The average molecular weight is 365 g/mol. The van der Waals surface area contributed by atoms with Crippen molar-refractivity contribution >= 4 is 22.9 Å². The highest BCUT2D eigenvalue weighted by Crippen LogP contribution is 2.40. The first-order chi connectivity index (χ1) is 13.1. The number of benzene rings is 1. The Labute approximate surface area is 155 Å². The van der Waals surface area contributed by atoms with E-state index in [4.69, 9.17) is 0 Å². The van der Waals surface area contributed by atoms with Crippen molar-refractivity contribution in [1.29, 1.82) is 0 Å². The molecule has 3 atom stereocenters. The molecule has 8 heteroatoms. The second-order valence-corrected chi connectivity index (χ2v) is 6.55. The van der Waals surface area contributed by atoms with Gasteiger partial charge < -0.3 is 20.1 Å². The van der Waals surface area contributed by atoms with Crippen molar-refractivity contribution in [1.82, 2.24) is 19.5 Å². The summed E-state index contributed by atoms with van der Waals surface area (Å²) in [6.45, 7) is 3.87. The minimum Gasteiger partial charge on any atom is -0.396 e. The van der Waals surface area contributed by atoms with Crippen LogP contribution in [0.15, 0.2) is 55.1 Å². The van der Waals surface area contributed by atoms with Gasteiger partial charge in [-0.3, -0.25) is 4.79 Å². The van der Waals surface area contributed by atoms with E-state index in [1.165, 1.54) is 6.33 Å². The zero-order valence-corrected chi connectivity index (χ0v) is 14.5. The zero-order chi connectivity index (χ0) is 19.0. The summed E-state index contributed by atoms with van der Waals surface area (Å²) in [5, 5.41) is 22.4. The molecule has 2 aromatic heterocycles. The van der Waals surface area contributed by atoms with Gasteiger partial charge in [0, 0.05) is 11.5 Å². The Hall–Kier alpha value is -3.10. The van der Waals surface area contributed by atoms with Gasteiger partial charge in [0.2, 0.25) is 0 Å². The van der Waals surface area contributed by atoms with Gasteiger partial charge in [0.1, 0.15) is 6.33 Å². The van der Waals surface area contributed by atoms with Gasteiger partial charge in [0.05, 0.1) is 25.1 Å². The van der Waals surface area contributed by atoms with E-state index in [9.17, 15) is 15.0 Å². The second kappa shape index (κ2) is 6.90. The summed E-state index contributed by atoms with van der Waals surface area (Å²) in [7, 11) is 0. The summed E-state index contributed by atoms with van der Waals surface area (Å²) in [6.07, 6.45) is 2.72. The van der Waals surface area contributed by atoms with Gasteiger partial charge in [-0.05, 0) is 24.1 Å². The molecule has 0 bridgehead atoms. The monoisotopic (exact) mass is 365 g/mol. The fraction of sp³-hybridized carbons (Fsp3) is 0.263. The molecule has 0 spiro atoms. The lowest BCUT2D eigenvalue weighted by molar-refractivity contribution is 0.101. The Morgan fingerprint density at radius 3 is 2.74 bits per heavy atom. The number of amides is 1. The van der Waals surface area contributed by atoms with Crippen molar-refractivity contribution in [3.63, 3.8) is 0 Å². The van der Waals surface area contributed by atoms with E-state index in [0.29, 0.717) is 29.0 Å². The van der Waals surface area contributed by atoms with Crippen LogP contribution in [0, 0.1) is 5.92 Å². The van der Waals surface area contributed by atoms with E-state index in [2.05, 4.69) is 26.8 Å². The average Bonchev–Trinajstić information content (AvgIpc) is 3.23. The Morgan fingerprint density at radius 1 is 1.26 bits per heavy atom. The zero-order valence-electron chi connectivity index (χ0n) is 14.5. The molecule has 0 unspecified atom stereocenters. The quantitative estimate of drug-likeness (QED) is 0.605. The van der Waals surface area contributed by atoms with Gasteiger partial charge >= 0.3 is 0 Å². The molecule has 1 aromatic carbocycles. The van der Waals surface area contributed by atoms with Crippen LogP contribution in [-0.2, 0) is 0 Å². The van der Waals surface area contributed by atoms with E-state index in [1.807, 2.05) is 6.07 Å². The van der Waals surface area contributed by atoms with Gasteiger partial charge in [0.25, 0.3) is 5.91 Å². The maximum absolute atomic E-state index is 12.4. The van der Waals surface area contributed by atoms with Crippen LogP contribution >= 0.6 is 0 Å². The number of imidazole rings is 1. The SMILES string of the molecule is C=C1[C@H](CO)[C@@H](O)C[C@@H]1n1cnc2c(NC(=O)c3ccccc3)ncnc21. The number of hydrogen-bond acceptors (Lipinski definition) is 6. The molecule has 3 N–H and O–H groups in total. The third-order valence-corrected chi connectivity index (χ3v) is 4.99. The van der Waals surface area contributed by atoms with Gasteiger partial charge in [-0.2, -0.15) is 0 Å². The molecule has 1 aliphatic carbocycles. The van der Waals surface area contributed by atoms with E-state index < -0.39 is 6.10 Å². The Bertz CT molecular complexity index is 1000. The van der Waals surface area contributed by atoms with Crippen molar-refractivity contribution in [3.05, 3.63) is 60.7 Å². The lowest BCUT2D eigenvalue weighted by Crippen LogP contribution is -2.17. The van der Waals surface area contributed by atoms with Gasteiger partial charge in [-0.25, -0.2) is 15.0 Å². The molecular weight excluding hydrogens is 346 g/mol. The number of aliphatic hydroxyl groups is 2. The highest BCUT2D eigenvalue weighted by molar-refractivity contribution is 6.06. The predicted molar refractivity (Wildman–Crippen MR) is 99.1 cm³/mol. The summed E-state index contributed by atoms with van der Waals surface area (Å²) in [4.78, 5) is 25.2. The molecule has 1 fully saturated rings. The summed E-state index contributed by atoms with van der Waals surface area (Å²) in [5.74, 6) is -0.340. The van der Waals surface area contributed by atoms with Crippen LogP contribution in [0.2, 0.25) is 0 Å². The molecule has 0 radical (unpaired) electrons. The standard InChI is InChI=1S/C19H19N5O3/c1-11-13(8-25)15(26)7-14(11)24-10-22-16-17(20-9-21-18(16)24)23-19(27)12-5-3-2-4-6-12/h2-6,9-10,13-15,25-26H,1,7-8H2,(H,20,21,23,27)/t13-,14-,15-/m0/s1. The number of rotatable bonds is 4. The third-order valence-electron chi connectivity index (χ3n) is 4.99. The summed E-state index contributed by atoms with van der Waals surface area (Å²) >= 11 is 0. The number of nitrogens with zero attached hydrogens (tertiary/aromatic N) is 4. The van der Waals surface area contributed by atoms with Crippen molar-refractivity contribution in [2.75, 3.05) is 11.9 Å². The topological polar surface area (TPSA) is 113 Å². The summed E-state index contributed by atoms with van der Waals surface area (Å²) in [6, 6.07) is 8.61. The Kier molecular flexibility index (Phi) is 4.43. The maximum Gasteiger partial charge on any atom is 0.256 e. The van der Waals surface area contributed by atoms with Crippen LogP contribution in [0.25, 0.3) is 11.2 Å². The summed E-state index contributed by atoms with van der Waals surface area (Å²) in [5.41, 5.74) is 2.24. The van der Waals surface area contributed by atoms with Crippen molar-refractivity contribution < 1.29 is 15.0 Å². The normalized spacial score (nSPS) is 22.3. The number of hydrogen-bond donors (Lipinski definition) is 3. The van der Waals surface area contributed by atoms with Crippen LogP contribution in [0.5, 0.6) is 0 Å². The number of carbonyl (C=O) groups excluding carboxylic acids is 1. The van der Waals surface area contributed by atoms with Crippen LogP contribution < -0.4 is 5.32 Å². The molecule has 0 aliphatic heterocycles. The first kappa shape index (κ1) is 17.3. The van der Waals surface area contributed by atoms with Crippen LogP contribution in [0.4, 0.5) is 5.82 Å². The highest BCUT2D eigenvalue weighted by Gasteiger charge is 2.37. The lowest BCUT2D eigenvalue weighted by Gasteiger charge is -2.15. The number of aliphatic hydroxyl groups excluding tert-OH is 2. The Morgan fingerprint density at radius 2 is 2.04 bits per heavy atom. The smallest absolute Gasteiger partial charge is 0.256 e. The van der Waals surface area contributed by atoms with E-state index in [-0.39, 0.29) is 24.5 Å². The first-order valence-corrected chi connectivity index (χ1v) is 8.61.